The van der Waals surface area contributed by atoms with Crippen molar-refractivity contribution < 1.29 is 18.3 Å². The first-order valence-corrected chi connectivity index (χ1v) is 8.28. The van der Waals surface area contributed by atoms with Gasteiger partial charge in [-0.2, -0.15) is 4.31 Å². The van der Waals surface area contributed by atoms with E-state index in [-0.39, 0.29) is 33.6 Å². The smallest absolute Gasteiger partial charge is 0.337 e. The largest absolute Gasteiger partial charge is 0.478 e. The Balaban J connectivity index is 3.49. The van der Waals surface area contributed by atoms with Crippen LogP contribution in [-0.2, 0) is 10.0 Å². The second-order valence-electron chi connectivity index (χ2n) is 4.22. The van der Waals surface area contributed by atoms with Crippen LogP contribution in [0.1, 0.15) is 23.7 Å². The molecule has 0 saturated heterocycles. The number of hydrogen-bond acceptors (Lipinski definition) is 3. The zero-order valence-corrected chi connectivity index (χ0v) is 13.7. The third kappa shape index (κ3) is 3.97. The van der Waals surface area contributed by atoms with Crippen molar-refractivity contribution in [3.8, 4) is 0 Å². The molecule has 0 atom stereocenters. The summed E-state index contributed by atoms with van der Waals surface area (Å²) in [7, 11) is -3.95. The number of hydrogen-bond donors (Lipinski definition) is 1. The number of sulfonamides is 1. The molecule has 0 heterocycles. The van der Waals surface area contributed by atoms with Crippen LogP contribution in [-0.4, -0.2) is 36.9 Å². The molecule has 0 fully saturated rings. The lowest BCUT2D eigenvalue weighted by molar-refractivity contribution is 0.0697. The van der Waals surface area contributed by atoms with E-state index in [1.165, 1.54) is 10.4 Å². The third-order valence-corrected chi connectivity index (χ3v) is 5.28. The number of carboxylic acid groups (broad SMARTS) is 1. The second kappa shape index (κ2) is 7.26. The maximum Gasteiger partial charge on any atom is 0.337 e. The van der Waals surface area contributed by atoms with Gasteiger partial charge in [-0.05, 0) is 18.6 Å². The van der Waals surface area contributed by atoms with E-state index in [1.807, 2.05) is 6.92 Å². The van der Waals surface area contributed by atoms with Crippen molar-refractivity contribution in [3.63, 3.8) is 0 Å². The molecule has 0 spiro atoms. The highest BCUT2D eigenvalue weighted by Gasteiger charge is 2.28. The van der Waals surface area contributed by atoms with Crippen LogP contribution >= 0.6 is 23.2 Å². The average Bonchev–Trinajstić information content (AvgIpc) is 2.40. The van der Waals surface area contributed by atoms with Crippen LogP contribution in [0.25, 0.3) is 0 Å². The van der Waals surface area contributed by atoms with Crippen molar-refractivity contribution in [2.75, 3.05) is 13.1 Å². The molecule has 0 bridgehead atoms. The van der Waals surface area contributed by atoms with E-state index < -0.39 is 16.0 Å². The van der Waals surface area contributed by atoms with E-state index in [0.29, 0.717) is 6.42 Å². The van der Waals surface area contributed by atoms with Gasteiger partial charge in [0.1, 0.15) is 4.90 Å². The normalized spacial score (nSPS) is 11.6. The first-order chi connectivity index (χ1) is 9.75. The molecule has 8 heteroatoms. The number of halogens is 2. The lowest BCUT2D eigenvalue weighted by Crippen LogP contribution is -2.32. The van der Waals surface area contributed by atoms with Gasteiger partial charge in [0.2, 0.25) is 10.0 Å². The van der Waals surface area contributed by atoms with Crippen molar-refractivity contribution >= 4 is 39.2 Å². The Labute approximate surface area is 133 Å². The number of benzene rings is 1. The lowest BCUT2D eigenvalue weighted by atomic mass is 10.2. The Morgan fingerprint density at radius 1 is 1.43 bits per heavy atom. The van der Waals surface area contributed by atoms with Gasteiger partial charge in [-0.3, -0.25) is 0 Å². The summed E-state index contributed by atoms with van der Waals surface area (Å²) in [6.07, 6.45) is 2.04. The minimum Gasteiger partial charge on any atom is -0.478 e. The molecule has 1 N–H and O–H groups in total. The molecule has 1 rings (SSSR count). The highest BCUT2D eigenvalue weighted by atomic mass is 35.5. The van der Waals surface area contributed by atoms with Gasteiger partial charge in [-0.1, -0.05) is 36.2 Å². The summed E-state index contributed by atoms with van der Waals surface area (Å²) < 4.78 is 26.4. The van der Waals surface area contributed by atoms with E-state index >= 15 is 0 Å². The highest BCUT2D eigenvalue weighted by Crippen LogP contribution is 2.31. The summed E-state index contributed by atoms with van der Waals surface area (Å²) in [4.78, 5) is 10.8. The number of rotatable bonds is 7. The quantitative estimate of drug-likeness (QED) is 0.765. The number of carboxylic acids is 1. The molecular weight excluding hydrogens is 337 g/mol. The van der Waals surface area contributed by atoms with Gasteiger partial charge in [0.25, 0.3) is 0 Å². The number of aromatic carboxylic acids is 1. The van der Waals surface area contributed by atoms with Crippen LogP contribution in [0.5, 0.6) is 0 Å². The van der Waals surface area contributed by atoms with Crippen LogP contribution < -0.4 is 0 Å². The van der Waals surface area contributed by atoms with Crippen LogP contribution in [0.4, 0.5) is 0 Å². The van der Waals surface area contributed by atoms with Gasteiger partial charge in [0.15, 0.2) is 0 Å². The Bertz CT molecular complexity index is 658. The summed E-state index contributed by atoms with van der Waals surface area (Å²) in [6.45, 7) is 5.71. The lowest BCUT2D eigenvalue weighted by Gasteiger charge is -2.21. The van der Waals surface area contributed by atoms with E-state index in [1.54, 1.807) is 0 Å². The second-order valence-corrected chi connectivity index (χ2v) is 6.94. The summed E-state index contributed by atoms with van der Waals surface area (Å²) in [6, 6.07) is 2.26. The SMILES string of the molecule is C=CCN(CCC)S(=O)(=O)c1cc(Cl)cc(C(=O)O)c1Cl. The van der Waals surface area contributed by atoms with E-state index in [4.69, 9.17) is 28.3 Å². The fraction of sp³-hybridized carbons (Fsp3) is 0.308. The minimum absolute atomic E-state index is 0.00886. The monoisotopic (exact) mass is 351 g/mol. The first kappa shape index (κ1) is 18.0. The molecule has 116 valence electrons. The van der Waals surface area contributed by atoms with Crippen LogP contribution in [0.2, 0.25) is 10.0 Å². The van der Waals surface area contributed by atoms with E-state index in [2.05, 4.69) is 6.58 Å². The molecule has 0 aliphatic carbocycles. The topological polar surface area (TPSA) is 74.7 Å². The van der Waals surface area contributed by atoms with Gasteiger partial charge < -0.3 is 5.11 Å². The fourth-order valence-electron chi connectivity index (χ4n) is 1.75. The van der Waals surface area contributed by atoms with Gasteiger partial charge in [0.05, 0.1) is 10.6 Å². The zero-order valence-electron chi connectivity index (χ0n) is 11.3. The molecule has 0 radical (unpaired) electrons. The zero-order chi connectivity index (χ0) is 16.2. The summed E-state index contributed by atoms with van der Waals surface area (Å²) in [5.74, 6) is -1.34. The maximum absolute atomic E-state index is 12.6. The molecule has 0 aromatic heterocycles. The molecule has 0 saturated carbocycles. The van der Waals surface area contributed by atoms with Crippen molar-refractivity contribution in [1.82, 2.24) is 4.31 Å². The standard InChI is InChI=1S/C13H15Cl2NO4S/c1-3-5-16(6-4-2)21(19,20)11-8-9(14)7-10(12(11)15)13(17)18/h3,7-8H,1,4-6H2,2H3,(H,17,18). The molecule has 5 nitrogen and oxygen atoms in total. The van der Waals surface area contributed by atoms with Crippen molar-refractivity contribution in [2.24, 2.45) is 0 Å². The number of nitrogens with zero attached hydrogens (tertiary/aromatic N) is 1. The van der Waals surface area contributed by atoms with E-state index in [0.717, 1.165) is 12.1 Å². The average molecular weight is 352 g/mol. The van der Waals surface area contributed by atoms with Gasteiger partial charge in [0, 0.05) is 18.1 Å². The molecule has 21 heavy (non-hydrogen) atoms. The molecule has 1 aromatic carbocycles. The predicted molar refractivity (Wildman–Crippen MR) is 82.7 cm³/mol. The number of carbonyl (C=O) groups is 1. The molecular formula is C13H15Cl2NO4S. The molecule has 0 amide bonds. The Hall–Kier alpha value is -1.08. The van der Waals surface area contributed by atoms with E-state index in [9.17, 15) is 13.2 Å². The summed E-state index contributed by atoms with van der Waals surface area (Å²) in [5.41, 5.74) is -0.349. The summed E-state index contributed by atoms with van der Waals surface area (Å²) >= 11 is 11.7. The van der Waals surface area contributed by atoms with Gasteiger partial charge >= 0.3 is 5.97 Å². The van der Waals surface area contributed by atoms with Crippen molar-refractivity contribution in [1.29, 1.82) is 0 Å². The molecule has 0 aliphatic rings. The summed E-state index contributed by atoms with van der Waals surface area (Å²) in [5, 5.41) is 8.70. The Morgan fingerprint density at radius 2 is 2.05 bits per heavy atom. The predicted octanol–water partition coefficient (Wildman–Crippen LogP) is 3.28. The minimum atomic E-state index is -3.95. The third-order valence-electron chi connectivity index (χ3n) is 2.66. The van der Waals surface area contributed by atoms with Crippen LogP contribution in [0.15, 0.2) is 29.7 Å². The Kier molecular flexibility index (Phi) is 6.22. The fourth-order valence-corrected chi connectivity index (χ4v) is 4.13. The highest BCUT2D eigenvalue weighted by molar-refractivity contribution is 7.89. The first-order valence-electron chi connectivity index (χ1n) is 6.09. The van der Waals surface area contributed by atoms with Gasteiger partial charge in [-0.25, -0.2) is 13.2 Å². The Morgan fingerprint density at radius 3 is 2.52 bits per heavy atom. The maximum atomic E-state index is 12.6. The van der Waals surface area contributed by atoms with Gasteiger partial charge in [-0.15, -0.1) is 6.58 Å². The molecule has 0 unspecified atom stereocenters. The molecule has 1 aromatic rings. The van der Waals surface area contributed by atoms with Crippen LogP contribution in [0.3, 0.4) is 0 Å². The van der Waals surface area contributed by atoms with Crippen molar-refractivity contribution in [3.05, 3.63) is 40.4 Å². The van der Waals surface area contributed by atoms with Crippen molar-refractivity contribution in [2.45, 2.75) is 18.2 Å². The molecule has 0 aliphatic heterocycles. The van der Waals surface area contributed by atoms with Crippen LogP contribution in [0, 0.1) is 0 Å².